The third kappa shape index (κ3) is 5.70. The van der Waals surface area contributed by atoms with Gasteiger partial charge in [0.2, 0.25) is 11.8 Å². The Morgan fingerprint density at radius 1 is 0.968 bits per heavy atom. The van der Waals surface area contributed by atoms with Gasteiger partial charge in [0.25, 0.3) is 0 Å². The minimum Gasteiger partial charge on any atom is -0.369 e. The zero-order valence-electron chi connectivity index (χ0n) is 18.1. The SMILES string of the molecule is NC(=O)C1CCN(C(=O)CN2CCC[C@H](c3ccc(Cc4ccccc4)cn3)C2)CC1. The molecule has 1 atom stereocenters. The van der Waals surface area contributed by atoms with Gasteiger partial charge in [0.15, 0.2) is 0 Å². The van der Waals surface area contributed by atoms with E-state index in [2.05, 4.69) is 41.3 Å². The Labute approximate surface area is 184 Å². The summed E-state index contributed by atoms with van der Waals surface area (Å²) in [6.45, 7) is 3.53. The molecule has 2 aliphatic heterocycles. The first-order valence-corrected chi connectivity index (χ1v) is 11.4. The van der Waals surface area contributed by atoms with Crippen molar-refractivity contribution in [2.45, 2.75) is 38.0 Å². The Kier molecular flexibility index (Phi) is 6.97. The summed E-state index contributed by atoms with van der Waals surface area (Å²) in [5.74, 6) is 0.204. The highest BCUT2D eigenvalue weighted by atomic mass is 16.2. The van der Waals surface area contributed by atoms with Crippen LogP contribution < -0.4 is 5.73 Å². The molecule has 0 aliphatic carbocycles. The zero-order chi connectivity index (χ0) is 21.6. The Morgan fingerprint density at radius 2 is 1.74 bits per heavy atom. The lowest BCUT2D eigenvalue weighted by atomic mass is 9.93. The van der Waals surface area contributed by atoms with E-state index in [9.17, 15) is 9.59 Å². The van der Waals surface area contributed by atoms with E-state index in [4.69, 9.17) is 10.7 Å². The van der Waals surface area contributed by atoms with Gasteiger partial charge in [-0.05, 0) is 55.8 Å². The van der Waals surface area contributed by atoms with Gasteiger partial charge in [0, 0.05) is 43.4 Å². The van der Waals surface area contributed by atoms with Crippen LogP contribution in [0.2, 0.25) is 0 Å². The van der Waals surface area contributed by atoms with Crippen LogP contribution in [0.15, 0.2) is 48.7 Å². The lowest BCUT2D eigenvalue weighted by molar-refractivity contribution is -0.136. The molecule has 164 valence electrons. The summed E-state index contributed by atoms with van der Waals surface area (Å²) in [5, 5.41) is 0. The number of hydrogen-bond acceptors (Lipinski definition) is 4. The molecule has 2 saturated heterocycles. The van der Waals surface area contributed by atoms with Gasteiger partial charge in [0.05, 0.1) is 6.54 Å². The molecule has 4 rings (SSSR count). The number of nitrogens with two attached hydrogens (primary N) is 1. The highest BCUT2D eigenvalue weighted by Crippen LogP contribution is 2.26. The van der Waals surface area contributed by atoms with Crippen LogP contribution in [-0.2, 0) is 16.0 Å². The fraction of sp³-hybridized carbons (Fsp3) is 0.480. The second-order valence-corrected chi connectivity index (χ2v) is 8.89. The second-order valence-electron chi connectivity index (χ2n) is 8.89. The Balaban J connectivity index is 1.29. The molecule has 2 N–H and O–H groups in total. The van der Waals surface area contributed by atoms with Crippen molar-refractivity contribution >= 4 is 11.8 Å². The molecule has 6 heteroatoms. The van der Waals surface area contributed by atoms with Crippen molar-refractivity contribution < 1.29 is 9.59 Å². The van der Waals surface area contributed by atoms with Crippen molar-refractivity contribution in [3.05, 3.63) is 65.5 Å². The van der Waals surface area contributed by atoms with Crippen molar-refractivity contribution in [1.82, 2.24) is 14.8 Å². The molecule has 0 spiro atoms. The maximum atomic E-state index is 12.8. The van der Waals surface area contributed by atoms with Crippen LogP contribution in [0.5, 0.6) is 0 Å². The summed E-state index contributed by atoms with van der Waals surface area (Å²) in [7, 11) is 0. The molecule has 2 amide bonds. The maximum Gasteiger partial charge on any atom is 0.236 e. The van der Waals surface area contributed by atoms with Gasteiger partial charge >= 0.3 is 0 Å². The number of carbonyl (C=O) groups excluding carboxylic acids is 2. The molecule has 2 fully saturated rings. The average molecular weight is 421 g/mol. The van der Waals surface area contributed by atoms with E-state index >= 15 is 0 Å². The number of carbonyl (C=O) groups is 2. The fourth-order valence-corrected chi connectivity index (χ4v) is 4.76. The van der Waals surface area contributed by atoms with E-state index in [1.165, 1.54) is 11.1 Å². The first-order chi connectivity index (χ1) is 15.1. The smallest absolute Gasteiger partial charge is 0.236 e. The number of rotatable bonds is 6. The predicted molar refractivity (Wildman–Crippen MR) is 120 cm³/mol. The molecule has 0 bridgehead atoms. The largest absolute Gasteiger partial charge is 0.369 e. The van der Waals surface area contributed by atoms with E-state index in [0.29, 0.717) is 38.4 Å². The van der Waals surface area contributed by atoms with Crippen LogP contribution >= 0.6 is 0 Å². The molecule has 2 aromatic rings. The van der Waals surface area contributed by atoms with Gasteiger partial charge in [-0.1, -0.05) is 36.4 Å². The summed E-state index contributed by atoms with van der Waals surface area (Å²) in [4.78, 5) is 33.0. The molecular weight excluding hydrogens is 388 g/mol. The standard InChI is InChI=1S/C25H32N4O2/c26-25(31)21-10-13-29(14-11-21)24(30)18-28-12-4-7-22(17-28)23-9-8-20(16-27-23)15-19-5-2-1-3-6-19/h1-3,5-6,8-9,16,21-22H,4,7,10-15,17-18H2,(H2,26,31)/t22-/m0/s1. The van der Waals surface area contributed by atoms with Crippen molar-refractivity contribution in [2.75, 3.05) is 32.7 Å². The van der Waals surface area contributed by atoms with Crippen LogP contribution in [0.4, 0.5) is 0 Å². The maximum absolute atomic E-state index is 12.8. The number of piperidine rings is 2. The summed E-state index contributed by atoms with van der Waals surface area (Å²) in [6.07, 6.45) is 6.45. The van der Waals surface area contributed by atoms with Gasteiger partial charge in [-0.3, -0.25) is 19.5 Å². The Bertz CT molecular complexity index is 876. The normalized spacial score (nSPS) is 20.5. The number of pyridine rings is 1. The molecular formula is C25H32N4O2. The molecule has 6 nitrogen and oxygen atoms in total. The quantitative estimate of drug-likeness (QED) is 0.779. The number of amides is 2. The van der Waals surface area contributed by atoms with E-state index < -0.39 is 0 Å². The number of primary amides is 1. The molecule has 3 heterocycles. The average Bonchev–Trinajstić information content (AvgIpc) is 2.80. The van der Waals surface area contributed by atoms with E-state index in [-0.39, 0.29) is 17.7 Å². The molecule has 1 aromatic carbocycles. The van der Waals surface area contributed by atoms with Gasteiger partial charge in [-0.15, -0.1) is 0 Å². The summed E-state index contributed by atoms with van der Waals surface area (Å²) in [6, 6.07) is 14.8. The van der Waals surface area contributed by atoms with Crippen LogP contribution in [0.3, 0.4) is 0 Å². The minimum atomic E-state index is -0.242. The second kappa shape index (κ2) is 10.1. The Morgan fingerprint density at radius 3 is 2.42 bits per heavy atom. The van der Waals surface area contributed by atoms with Crippen LogP contribution in [0.1, 0.15) is 48.4 Å². The molecule has 1 aromatic heterocycles. The van der Waals surface area contributed by atoms with Crippen LogP contribution in [-0.4, -0.2) is 59.3 Å². The zero-order valence-corrected chi connectivity index (χ0v) is 18.1. The third-order valence-electron chi connectivity index (χ3n) is 6.63. The van der Waals surface area contributed by atoms with Gasteiger partial charge in [-0.2, -0.15) is 0 Å². The third-order valence-corrected chi connectivity index (χ3v) is 6.63. The Hall–Kier alpha value is -2.73. The predicted octanol–water partition coefficient (Wildman–Crippen LogP) is 2.58. The van der Waals surface area contributed by atoms with E-state index in [0.717, 1.165) is 38.0 Å². The summed E-state index contributed by atoms with van der Waals surface area (Å²) in [5.41, 5.74) is 9.03. The number of hydrogen-bond donors (Lipinski definition) is 1. The number of nitrogens with zero attached hydrogens (tertiary/aromatic N) is 3. The number of aromatic nitrogens is 1. The van der Waals surface area contributed by atoms with Crippen LogP contribution in [0.25, 0.3) is 0 Å². The van der Waals surface area contributed by atoms with E-state index in [1.807, 2.05) is 17.2 Å². The highest BCUT2D eigenvalue weighted by molar-refractivity contribution is 5.80. The molecule has 31 heavy (non-hydrogen) atoms. The first-order valence-electron chi connectivity index (χ1n) is 11.4. The number of likely N-dealkylation sites (tertiary alicyclic amines) is 2. The lowest BCUT2D eigenvalue weighted by Gasteiger charge is -2.35. The monoisotopic (exact) mass is 420 g/mol. The van der Waals surface area contributed by atoms with Crippen molar-refractivity contribution in [3.8, 4) is 0 Å². The minimum absolute atomic E-state index is 0.0839. The topological polar surface area (TPSA) is 79.5 Å². The molecule has 2 aliphatic rings. The van der Waals surface area contributed by atoms with Crippen LogP contribution in [0, 0.1) is 5.92 Å². The highest BCUT2D eigenvalue weighted by Gasteiger charge is 2.29. The summed E-state index contributed by atoms with van der Waals surface area (Å²) < 4.78 is 0. The van der Waals surface area contributed by atoms with Crippen molar-refractivity contribution in [1.29, 1.82) is 0 Å². The molecule has 0 unspecified atom stereocenters. The van der Waals surface area contributed by atoms with Gasteiger partial charge < -0.3 is 10.6 Å². The fourth-order valence-electron chi connectivity index (χ4n) is 4.76. The molecule has 0 saturated carbocycles. The molecule has 0 radical (unpaired) electrons. The van der Waals surface area contributed by atoms with Crippen molar-refractivity contribution in [3.63, 3.8) is 0 Å². The van der Waals surface area contributed by atoms with E-state index in [1.54, 1.807) is 0 Å². The van der Waals surface area contributed by atoms with Gasteiger partial charge in [-0.25, -0.2) is 0 Å². The van der Waals surface area contributed by atoms with Crippen molar-refractivity contribution in [2.24, 2.45) is 11.7 Å². The summed E-state index contributed by atoms with van der Waals surface area (Å²) >= 11 is 0. The lowest BCUT2D eigenvalue weighted by Crippen LogP contribution is -2.47. The number of benzene rings is 1. The van der Waals surface area contributed by atoms with Gasteiger partial charge in [0.1, 0.15) is 0 Å². The first kappa shape index (κ1) is 21.5.